The second-order valence-corrected chi connectivity index (χ2v) is 7.65. The van der Waals surface area contributed by atoms with Gasteiger partial charge in [-0.05, 0) is 24.3 Å². The summed E-state index contributed by atoms with van der Waals surface area (Å²) in [6.07, 6.45) is -0.372. The zero-order valence-electron chi connectivity index (χ0n) is 17.3. The van der Waals surface area contributed by atoms with Crippen LogP contribution in [0.25, 0.3) is 0 Å². The molecule has 5 rings (SSSR count). The molecule has 1 unspecified atom stereocenters. The molecule has 3 N–H and O–H groups in total. The number of fused-ring (bicyclic) bond motifs is 2. The lowest BCUT2D eigenvalue weighted by atomic mass is 9.78. The monoisotopic (exact) mass is 420 g/mol. The summed E-state index contributed by atoms with van der Waals surface area (Å²) in [5, 5.41) is 10.9. The average Bonchev–Trinajstić information content (AvgIpc) is 3.25. The molecule has 0 bridgehead atoms. The van der Waals surface area contributed by atoms with Crippen molar-refractivity contribution in [3.05, 3.63) is 71.8 Å². The lowest BCUT2D eigenvalue weighted by Gasteiger charge is -2.39. The molecule has 0 saturated carbocycles. The van der Waals surface area contributed by atoms with Crippen molar-refractivity contribution in [1.29, 1.82) is 0 Å². The Morgan fingerprint density at radius 2 is 1.71 bits per heavy atom. The Hall–Kier alpha value is -3.58. The molecule has 7 heteroatoms. The van der Waals surface area contributed by atoms with E-state index in [2.05, 4.69) is 17.8 Å². The first-order valence-corrected chi connectivity index (χ1v) is 10.2. The van der Waals surface area contributed by atoms with Gasteiger partial charge >= 0.3 is 0 Å². The van der Waals surface area contributed by atoms with Crippen LogP contribution in [0, 0.1) is 5.92 Å². The number of phenolic OH excluding ortho intramolecular Hbond substituents is 1. The Bertz CT molecular complexity index is 1090. The van der Waals surface area contributed by atoms with Crippen LogP contribution in [0.3, 0.4) is 0 Å². The number of hydrogen-bond acceptors (Lipinski definition) is 7. The van der Waals surface area contributed by atoms with Gasteiger partial charge in [0.25, 0.3) is 0 Å². The fourth-order valence-electron chi connectivity index (χ4n) is 4.23. The van der Waals surface area contributed by atoms with Crippen LogP contribution in [0.4, 0.5) is 5.69 Å². The van der Waals surface area contributed by atoms with Crippen LogP contribution in [-0.4, -0.2) is 25.2 Å². The van der Waals surface area contributed by atoms with Gasteiger partial charge < -0.3 is 29.5 Å². The molecule has 0 saturated heterocycles. The first-order valence-electron chi connectivity index (χ1n) is 10.2. The van der Waals surface area contributed by atoms with Gasteiger partial charge in [0.15, 0.2) is 29.2 Å². The minimum atomic E-state index is -0.372. The maximum atomic E-state index is 10.9. The van der Waals surface area contributed by atoms with Crippen molar-refractivity contribution >= 4 is 5.69 Å². The normalized spacial score (nSPS) is 21.2. The van der Waals surface area contributed by atoms with Gasteiger partial charge in [-0.1, -0.05) is 37.3 Å². The number of methoxy groups -OCH3 is 1. The highest BCUT2D eigenvalue weighted by atomic mass is 16.7. The summed E-state index contributed by atoms with van der Waals surface area (Å²) >= 11 is 0. The number of nitrogens with one attached hydrogen (secondary N) is 2. The largest absolute Gasteiger partial charge is 0.504 e. The lowest BCUT2D eigenvalue weighted by Crippen LogP contribution is -2.47. The molecular formula is C24H24N2O5. The number of benzene rings is 3. The van der Waals surface area contributed by atoms with E-state index >= 15 is 0 Å². The predicted octanol–water partition coefficient (Wildman–Crippen LogP) is 4.23. The van der Waals surface area contributed by atoms with E-state index in [9.17, 15) is 5.11 Å². The van der Waals surface area contributed by atoms with Crippen LogP contribution in [0.1, 0.15) is 24.0 Å². The van der Waals surface area contributed by atoms with Crippen molar-refractivity contribution in [2.45, 2.75) is 19.1 Å². The molecule has 0 aromatic heterocycles. The maximum Gasteiger partial charge on any atom is 0.231 e. The molecule has 7 nitrogen and oxygen atoms in total. The van der Waals surface area contributed by atoms with Crippen molar-refractivity contribution in [1.82, 2.24) is 5.43 Å². The molecule has 31 heavy (non-hydrogen) atoms. The summed E-state index contributed by atoms with van der Waals surface area (Å²) in [5.41, 5.74) is 9.13. The molecule has 0 fully saturated rings. The predicted molar refractivity (Wildman–Crippen MR) is 116 cm³/mol. The summed E-state index contributed by atoms with van der Waals surface area (Å²) in [7, 11) is 1.55. The van der Waals surface area contributed by atoms with Gasteiger partial charge in [-0.3, -0.25) is 0 Å². The van der Waals surface area contributed by atoms with Gasteiger partial charge in [0, 0.05) is 34.7 Å². The third-order valence-corrected chi connectivity index (χ3v) is 5.82. The number of phenols is 1. The van der Waals surface area contributed by atoms with Gasteiger partial charge in [0.1, 0.15) is 5.75 Å². The van der Waals surface area contributed by atoms with Crippen molar-refractivity contribution < 1.29 is 24.1 Å². The third kappa shape index (κ3) is 3.47. The van der Waals surface area contributed by atoms with Crippen molar-refractivity contribution in [2.75, 3.05) is 19.3 Å². The van der Waals surface area contributed by atoms with Gasteiger partial charge in [-0.2, -0.15) is 5.43 Å². The molecule has 3 aromatic rings. The average molecular weight is 420 g/mol. The van der Waals surface area contributed by atoms with Crippen LogP contribution < -0.4 is 29.8 Å². The Balaban J connectivity index is 1.55. The zero-order chi connectivity index (χ0) is 21.4. The number of hydrazine groups is 1. The number of ether oxygens (including phenoxy) is 4. The molecule has 3 atom stereocenters. The van der Waals surface area contributed by atoms with E-state index in [0.29, 0.717) is 23.0 Å². The highest BCUT2D eigenvalue weighted by Gasteiger charge is 2.39. The molecule has 0 spiro atoms. The minimum Gasteiger partial charge on any atom is -0.504 e. The maximum absolute atomic E-state index is 10.9. The van der Waals surface area contributed by atoms with Crippen LogP contribution in [0.2, 0.25) is 0 Å². The molecule has 0 aliphatic carbocycles. The molecule has 2 aliphatic heterocycles. The number of rotatable bonds is 5. The second-order valence-electron chi connectivity index (χ2n) is 7.65. The molecule has 2 heterocycles. The zero-order valence-corrected chi connectivity index (χ0v) is 17.3. The number of para-hydroxylation sites is 2. The first kappa shape index (κ1) is 19.4. The fraction of sp³-hybridized carbons (Fsp3) is 0.250. The van der Waals surface area contributed by atoms with Crippen molar-refractivity contribution in [2.24, 2.45) is 5.92 Å². The quantitative estimate of drug-likeness (QED) is 0.533. The summed E-state index contributed by atoms with van der Waals surface area (Å²) in [6, 6.07) is 19.2. The van der Waals surface area contributed by atoms with E-state index < -0.39 is 0 Å². The van der Waals surface area contributed by atoms with Gasteiger partial charge in [-0.25, -0.2) is 0 Å². The summed E-state index contributed by atoms with van der Waals surface area (Å²) in [4.78, 5) is 0. The van der Waals surface area contributed by atoms with E-state index in [1.807, 2.05) is 54.6 Å². The SMILES string of the molecule is COc1cccc([C@H]2c3cc4c(cc3OC(NNc3ccccc3)[C@@H]2C)OCO4)c1O. The topological polar surface area (TPSA) is 81.2 Å². The molecule has 2 aliphatic rings. The molecule has 160 valence electrons. The Morgan fingerprint density at radius 1 is 0.935 bits per heavy atom. The van der Waals surface area contributed by atoms with Gasteiger partial charge in [-0.15, -0.1) is 0 Å². The van der Waals surface area contributed by atoms with E-state index in [-0.39, 0.29) is 30.6 Å². The van der Waals surface area contributed by atoms with E-state index in [0.717, 1.165) is 16.8 Å². The van der Waals surface area contributed by atoms with Gasteiger partial charge in [0.05, 0.1) is 7.11 Å². The summed E-state index contributed by atoms with van der Waals surface area (Å²) < 4.78 is 22.8. The smallest absolute Gasteiger partial charge is 0.231 e. The van der Waals surface area contributed by atoms with Crippen LogP contribution in [0.5, 0.6) is 28.7 Å². The number of hydrogen-bond donors (Lipinski definition) is 3. The first-order chi connectivity index (χ1) is 15.2. The van der Waals surface area contributed by atoms with Crippen molar-refractivity contribution in [3.8, 4) is 28.7 Å². The Kier molecular flexibility index (Phi) is 4.95. The second kappa shape index (κ2) is 7.92. The number of aromatic hydroxyl groups is 1. The standard InChI is InChI=1S/C24H24N2O5/c1-14-22(16-9-6-10-18(28-2)23(16)27)17-11-20-21(30-13-29-20)12-19(17)31-24(14)26-25-15-7-4-3-5-8-15/h3-12,14,22,24-27H,13H2,1-2H3/t14-,22+,24?/m1/s1. The lowest BCUT2D eigenvalue weighted by molar-refractivity contribution is 0.0857. The van der Waals surface area contributed by atoms with E-state index in [1.165, 1.54) is 0 Å². The van der Waals surface area contributed by atoms with Crippen LogP contribution in [-0.2, 0) is 0 Å². The summed E-state index contributed by atoms with van der Waals surface area (Å²) in [6.45, 7) is 2.27. The molecular weight excluding hydrogens is 396 g/mol. The van der Waals surface area contributed by atoms with Crippen LogP contribution in [0.15, 0.2) is 60.7 Å². The molecule has 3 aromatic carbocycles. The molecule has 0 amide bonds. The highest BCUT2D eigenvalue weighted by Crippen LogP contribution is 2.51. The Morgan fingerprint density at radius 3 is 2.48 bits per heavy atom. The van der Waals surface area contributed by atoms with E-state index in [1.54, 1.807) is 13.2 Å². The third-order valence-electron chi connectivity index (χ3n) is 5.82. The highest BCUT2D eigenvalue weighted by molar-refractivity contribution is 5.59. The number of anilines is 1. The molecule has 0 radical (unpaired) electrons. The fourth-order valence-corrected chi connectivity index (χ4v) is 4.23. The van der Waals surface area contributed by atoms with Gasteiger partial charge in [0.2, 0.25) is 6.79 Å². The van der Waals surface area contributed by atoms with Crippen molar-refractivity contribution in [3.63, 3.8) is 0 Å². The minimum absolute atomic E-state index is 0.0397. The van der Waals surface area contributed by atoms with Crippen LogP contribution >= 0.6 is 0 Å². The Labute approximate surface area is 180 Å². The van der Waals surface area contributed by atoms with E-state index in [4.69, 9.17) is 18.9 Å². The summed E-state index contributed by atoms with van der Waals surface area (Å²) in [5.74, 6) is 2.37.